The van der Waals surface area contributed by atoms with Crippen molar-refractivity contribution in [2.45, 2.75) is 37.5 Å². The van der Waals surface area contributed by atoms with Gasteiger partial charge in [-0.1, -0.05) is 6.42 Å². The summed E-state index contributed by atoms with van der Waals surface area (Å²) in [6.45, 7) is 1.83. The first-order valence-corrected chi connectivity index (χ1v) is 7.37. The van der Waals surface area contributed by atoms with Crippen molar-refractivity contribution >= 4 is 15.8 Å². The molecule has 0 aromatic rings. The van der Waals surface area contributed by atoms with Gasteiger partial charge in [0.1, 0.15) is 0 Å². The Labute approximate surface area is 95.7 Å². The fraction of sp³-hybridized carbons (Fsp3) is 0.900. The van der Waals surface area contributed by atoms with Crippen LogP contribution in [0.15, 0.2) is 0 Å². The van der Waals surface area contributed by atoms with Crippen molar-refractivity contribution in [2.24, 2.45) is 5.92 Å². The van der Waals surface area contributed by atoms with Gasteiger partial charge in [-0.15, -0.1) is 0 Å². The lowest BCUT2D eigenvalue weighted by Crippen LogP contribution is -2.38. The molecular weight excluding hydrogens is 232 g/mol. The maximum Gasteiger partial charge on any atom is 0.335 e. The van der Waals surface area contributed by atoms with Gasteiger partial charge in [-0.3, -0.25) is 0 Å². The van der Waals surface area contributed by atoms with E-state index in [1.807, 2.05) is 0 Å². The number of aliphatic hydroxyl groups is 1. The molecule has 1 N–H and O–H groups in total. The van der Waals surface area contributed by atoms with E-state index < -0.39 is 33.1 Å². The average Bonchev–Trinajstić information content (AvgIpc) is 2.64. The summed E-state index contributed by atoms with van der Waals surface area (Å²) in [5, 5.41) is 9.12. The van der Waals surface area contributed by atoms with Gasteiger partial charge < -0.3 is 9.84 Å². The fourth-order valence-corrected chi connectivity index (χ4v) is 3.76. The molecular formula is C10H18O5S. The quantitative estimate of drug-likeness (QED) is 0.717. The van der Waals surface area contributed by atoms with E-state index in [-0.39, 0.29) is 6.61 Å². The molecule has 3 atom stereocenters. The highest BCUT2D eigenvalue weighted by Gasteiger charge is 2.42. The van der Waals surface area contributed by atoms with E-state index in [1.165, 1.54) is 0 Å². The second-order valence-corrected chi connectivity index (χ2v) is 6.42. The van der Waals surface area contributed by atoms with E-state index in [4.69, 9.17) is 4.74 Å². The lowest BCUT2D eigenvalue weighted by atomic mass is 10.0. The molecule has 6 heteroatoms. The number of hydrogen-bond donors (Lipinski definition) is 1. The summed E-state index contributed by atoms with van der Waals surface area (Å²) in [6, 6.07) is 0. The van der Waals surface area contributed by atoms with Crippen LogP contribution in [0.2, 0.25) is 0 Å². The lowest BCUT2D eigenvalue weighted by molar-refractivity contribution is -0.155. The standard InChI is InChI=1S/C10H18O5S/c1-3-15-10(12)9(11)7-5-4-6-8(7)16(2,13)14/h7-9,11H,3-6H2,1-2H3. The van der Waals surface area contributed by atoms with Crippen LogP contribution >= 0.6 is 0 Å². The first-order chi connectivity index (χ1) is 7.38. The van der Waals surface area contributed by atoms with Crippen molar-refractivity contribution in [3.63, 3.8) is 0 Å². The van der Waals surface area contributed by atoms with Crippen LogP contribution in [0, 0.1) is 5.92 Å². The zero-order valence-electron chi connectivity index (χ0n) is 9.55. The van der Waals surface area contributed by atoms with Crippen LogP contribution in [-0.2, 0) is 19.4 Å². The highest BCUT2D eigenvalue weighted by Crippen LogP contribution is 2.33. The molecule has 94 valence electrons. The summed E-state index contributed by atoms with van der Waals surface area (Å²) in [5.41, 5.74) is 0. The molecule has 5 nitrogen and oxygen atoms in total. The van der Waals surface area contributed by atoms with Gasteiger partial charge in [0.05, 0.1) is 11.9 Å². The van der Waals surface area contributed by atoms with Crippen LogP contribution in [0.3, 0.4) is 0 Å². The van der Waals surface area contributed by atoms with E-state index in [0.717, 1.165) is 12.7 Å². The number of sulfone groups is 1. The molecule has 0 aromatic carbocycles. The number of ether oxygens (including phenoxy) is 1. The summed E-state index contributed by atoms with van der Waals surface area (Å²) in [4.78, 5) is 11.3. The molecule has 3 unspecified atom stereocenters. The van der Waals surface area contributed by atoms with E-state index in [1.54, 1.807) is 6.92 Å². The third-order valence-corrected chi connectivity index (χ3v) is 4.67. The van der Waals surface area contributed by atoms with Crippen LogP contribution in [-0.4, -0.2) is 43.7 Å². The Bertz CT molecular complexity index is 348. The second-order valence-electron chi connectivity index (χ2n) is 4.16. The van der Waals surface area contributed by atoms with E-state index in [0.29, 0.717) is 12.8 Å². The molecule has 0 aliphatic heterocycles. The number of carbonyl (C=O) groups is 1. The maximum atomic E-state index is 11.5. The minimum absolute atomic E-state index is 0.187. The Morgan fingerprint density at radius 2 is 2.12 bits per heavy atom. The molecule has 0 bridgehead atoms. The van der Waals surface area contributed by atoms with Gasteiger partial charge in [0.25, 0.3) is 0 Å². The van der Waals surface area contributed by atoms with Crippen molar-refractivity contribution in [3.8, 4) is 0 Å². The summed E-state index contributed by atoms with van der Waals surface area (Å²) in [6.07, 6.45) is 1.62. The predicted molar refractivity (Wildman–Crippen MR) is 58.6 cm³/mol. The Morgan fingerprint density at radius 3 is 2.62 bits per heavy atom. The summed E-state index contributed by atoms with van der Waals surface area (Å²) < 4.78 is 27.6. The molecule has 0 aromatic heterocycles. The molecule has 0 heterocycles. The Kier molecular flexibility index (Phi) is 4.32. The first-order valence-electron chi connectivity index (χ1n) is 5.41. The predicted octanol–water partition coefficient (Wildman–Crippen LogP) is 0.124. The number of esters is 1. The van der Waals surface area contributed by atoms with Gasteiger partial charge >= 0.3 is 5.97 Å². The van der Waals surface area contributed by atoms with Crippen molar-refractivity contribution in [3.05, 3.63) is 0 Å². The zero-order valence-corrected chi connectivity index (χ0v) is 10.4. The van der Waals surface area contributed by atoms with Crippen LogP contribution < -0.4 is 0 Å². The monoisotopic (exact) mass is 250 g/mol. The Balaban J connectivity index is 2.75. The normalized spacial score (nSPS) is 27.7. The highest BCUT2D eigenvalue weighted by molar-refractivity contribution is 7.91. The lowest BCUT2D eigenvalue weighted by Gasteiger charge is -2.21. The van der Waals surface area contributed by atoms with Crippen LogP contribution in [0.5, 0.6) is 0 Å². The molecule has 0 amide bonds. The molecule has 1 fully saturated rings. The third kappa shape index (κ3) is 2.95. The van der Waals surface area contributed by atoms with Gasteiger partial charge in [0.2, 0.25) is 0 Å². The number of aliphatic hydroxyl groups excluding tert-OH is 1. The molecule has 1 rings (SSSR count). The summed E-state index contributed by atoms with van der Waals surface area (Å²) in [5.74, 6) is -1.24. The van der Waals surface area contributed by atoms with Crippen molar-refractivity contribution < 1.29 is 23.1 Å². The zero-order chi connectivity index (χ0) is 12.3. The van der Waals surface area contributed by atoms with Crippen molar-refractivity contribution in [1.29, 1.82) is 0 Å². The van der Waals surface area contributed by atoms with Crippen LogP contribution in [0.25, 0.3) is 0 Å². The SMILES string of the molecule is CCOC(=O)C(O)C1CCCC1S(C)(=O)=O. The van der Waals surface area contributed by atoms with Crippen LogP contribution in [0.4, 0.5) is 0 Å². The number of rotatable bonds is 4. The third-order valence-electron chi connectivity index (χ3n) is 2.99. The van der Waals surface area contributed by atoms with E-state index in [9.17, 15) is 18.3 Å². The molecule has 0 spiro atoms. The largest absolute Gasteiger partial charge is 0.464 e. The van der Waals surface area contributed by atoms with Crippen LogP contribution in [0.1, 0.15) is 26.2 Å². The Hall–Kier alpha value is -0.620. The average molecular weight is 250 g/mol. The molecule has 1 aliphatic carbocycles. The number of carbonyl (C=O) groups excluding carboxylic acids is 1. The van der Waals surface area contributed by atoms with E-state index >= 15 is 0 Å². The summed E-state index contributed by atoms with van der Waals surface area (Å²) in [7, 11) is -3.21. The highest BCUT2D eigenvalue weighted by atomic mass is 32.2. The summed E-state index contributed by atoms with van der Waals surface area (Å²) >= 11 is 0. The van der Waals surface area contributed by atoms with Crippen molar-refractivity contribution in [2.75, 3.05) is 12.9 Å². The Morgan fingerprint density at radius 1 is 1.50 bits per heavy atom. The first kappa shape index (κ1) is 13.4. The smallest absolute Gasteiger partial charge is 0.335 e. The second kappa shape index (κ2) is 5.14. The maximum absolute atomic E-state index is 11.5. The van der Waals surface area contributed by atoms with Gasteiger partial charge in [-0.25, -0.2) is 13.2 Å². The minimum Gasteiger partial charge on any atom is -0.464 e. The molecule has 16 heavy (non-hydrogen) atoms. The fourth-order valence-electron chi connectivity index (χ4n) is 2.25. The van der Waals surface area contributed by atoms with Gasteiger partial charge in [0, 0.05) is 12.2 Å². The van der Waals surface area contributed by atoms with Crippen molar-refractivity contribution in [1.82, 2.24) is 0 Å². The molecule has 1 saturated carbocycles. The van der Waals surface area contributed by atoms with Gasteiger partial charge in [0.15, 0.2) is 15.9 Å². The molecule has 0 saturated heterocycles. The van der Waals surface area contributed by atoms with Gasteiger partial charge in [-0.05, 0) is 19.8 Å². The van der Waals surface area contributed by atoms with E-state index in [2.05, 4.69) is 0 Å². The minimum atomic E-state index is -3.21. The topological polar surface area (TPSA) is 80.7 Å². The molecule has 0 radical (unpaired) electrons. The molecule has 1 aliphatic rings. The van der Waals surface area contributed by atoms with Gasteiger partial charge in [-0.2, -0.15) is 0 Å². The number of hydrogen-bond acceptors (Lipinski definition) is 5.